The number of likely N-dealkylation sites (N-methyl/N-ethyl adjacent to an activating group) is 1. The highest BCUT2D eigenvalue weighted by Gasteiger charge is 2.24. The van der Waals surface area contributed by atoms with E-state index in [2.05, 4.69) is 11.9 Å². The molecule has 1 aliphatic carbocycles. The molecule has 2 rings (SSSR count). The monoisotopic (exact) mass is 249 g/mol. The lowest BCUT2D eigenvalue weighted by Crippen LogP contribution is -2.26. The summed E-state index contributed by atoms with van der Waals surface area (Å²) in [4.78, 5) is 2.21. The van der Waals surface area contributed by atoms with Gasteiger partial charge < -0.3 is 14.7 Å². The number of ether oxygens (including phenoxy) is 1. The Morgan fingerprint density at radius 3 is 2.78 bits per heavy atom. The number of aliphatic hydroxyl groups is 1. The van der Waals surface area contributed by atoms with Crippen LogP contribution in [-0.4, -0.2) is 36.8 Å². The molecule has 0 bridgehead atoms. The van der Waals surface area contributed by atoms with Crippen LogP contribution in [-0.2, 0) is 0 Å². The maximum absolute atomic E-state index is 10.3. The van der Waals surface area contributed by atoms with Gasteiger partial charge in [0.15, 0.2) is 0 Å². The zero-order valence-electron chi connectivity index (χ0n) is 11.3. The first-order valence-corrected chi connectivity index (χ1v) is 6.79. The summed E-state index contributed by atoms with van der Waals surface area (Å²) in [5, 5.41) is 10.3. The van der Waals surface area contributed by atoms with Gasteiger partial charge in [0.25, 0.3) is 0 Å². The Morgan fingerprint density at radius 1 is 1.39 bits per heavy atom. The van der Waals surface area contributed by atoms with Gasteiger partial charge in [-0.3, -0.25) is 0 Å². The SMILES string of the molecule is CCOc1ccccc1C(O)CN(C)CC1CC1. The van der Waals surface area contributed by atoms with Gasteiger partial charge in [0.2, 0.25) is 0 Å². The van der Waals surface area contributed by atoms with Crippen LogP contribution >= 0.6 is 0 Å². The third-order valence-corrected chi connectivity index (χ3v) is 3.33. The van der Waals surface area contributed by atoms with E-state index in [-0.39, 0.29) is 0 Å². The smallest absolute Gasteiger partial charge is 0.125 e. The molecule has 0 spiro atoms. The number of hydrogen-bond donors (Lipinski definition) is 1. The minimum Gasteiger partial charge on any atom is -0.493 e. The molecule has 1 fully saturated rings. The van der Waals surface area contributed by atoms with E-state index in [1.807, 2.05) is 31.2 Å². The Morgan fingerprint density at radius 2 is 2.11 bits per heavy atom. The van der Waals surface area contributed by atoms with Gasteiger partial charge in [0.1, 0.15) is 5.75 Å². The normalized spacial score (nSPS) is 16.9. The zero-order valence-corrected chi connectivity index (χ0v) is 11.3. The van der Waals surface area contributed by atoms with Gasteiger partial charge in [-0.05, 0) is 38.8 Å². The van der Waals surface area contributed by atoms with Gasteiger partial charge in [-0.2, -0.15) is 0 Å². The molecule has 3 nitrogen and oxygen atoms in total. The van der Waals surface area contributed by atoms with E-state index in [0.717, 1.165) is 23.8 Å². The van der Waals surface area contributed by atoms with E-state index in [4.69, 9.17) is 4.74 Å². The number of hydrogen-bond acceptors (Lipinski definition) is 3. The molecule has 3 heteroatoms. The van der Waals surface area contributed by atoms with E-state index in [1.165, 1.54) is 12.8 Å². The zero-order chi connectivity index (χ0) is 13.0. The van der Waals surface area contributed by atoms with Crippen LogP contribution < -0.4 is 4.74 Å². The van der Waals surface area contributed by atoms with Crippen LogP contribution in [0.2, 0.25) is 0 Å². The molecular formula is C15H23NO2. The van der Waals surface area contributed by atoms with Crippen molar-refractivity contribution in [3.63, 3.8) is 0 Å². The molecule has 1 N–H and O–H groups in total. The first kappa shape index (κ1) is 13.4. The highest BCUT2D eigenvalue weighted by atomic mass is 16.5. The molecule has 1 saturated carbocycles. The van der Waals surface area contributed by atoms with Crippen LogP contribution in [0.15, 0.2) is 24.3 Å². The molecule has 1 aromatic carbocycles. The van der Waals surface area contributed by atoms with Crippen molar-refractivity contribution >= 4 is 0 Å². The molecule has 1 aliphatic rings. The van der Waals surface area contributed by atoms with E-state index in [0.29, 0.717) is 13.2 Å². The summed E-state index contributed by atoms with van der Waals surface area (Å²) in [5.74, 6) is 1.65. The van der Waals surface area contributed by atoms with Crippen LogP contribution in [0.5, 0.6) is 5.75 Å². The molecular weight excluding hydrogens is 226 g/mol. The van der Waals surface area contributed by atoms with Crippen molar-refractivity contribution in [3.8, 4) is 5.75 Å². The molecule has 18 heavy (non-hydrogen) atoms. The highest BCUT2D eigenvalue weighted by molar-refractivity contribution is 5.35. The predicted octanol–water partition coefficient (Wildman–Crippen LogP) is 2.46. The van der Waals surface area contributed by atoms with Crippen molar-refractivity contribution in [1.82, 2.24) is 4.90 Å². The number of benzene rings is 1. The fourth-order valence-electron chi connectivity index (χ4n) is 2.25. The fourth-order valence-corrected chi connectivity index (χ4v) is 2.25. The van der Waals surface area contributed by atoms with Gasteiger partial charge in [-0.15, -0.1) is 0 Å². The van der Waals surface area contributed by atoms with Gasteiger partial charge in [-0.25, -0.2) is 0 Å². The average molecular weight is 249 g/mol. The van der Waals surface area contributed by atoms with E-state index >= 15 is 0 Å². The molecule has 0 radical (unpaired) electrons. The summed E-state index contributed by atoms with van der Waals surface area (Å²) < 4.78 is 5.55. The lowest BCUT2D eigenvalue weighted by atomic mass is 10.1. The molecule has 0 aromatic heterocycles. The summed E-state index contributed by atoms with van der Waals surface area (Å²) in [6.07, 6.45) is 2.21. The number of nitrogens with zero attached hydrogens (tertiary/aromatic N) is 1. The quantitative estimate of drug-likeness (QED) is 0.805. The second-order valence-corrected chi connectivity index (χ2v) is 5.15. The lowest BCUT2D eigenvalue weighted by Gasteiger charge is -2.22. The van der Waals surface area contributed by atoms with Crippen LogP contribution in [0.1, 0.15) is 31.4 Å². The molecule has 1 atom stereocenters. The Kier molecular flexibility index (Phi) is 4.61. The summed E-state index contributed by atoms with van der Waals surface area (Å²) in [5.41, 5.74) is 0.891. The maximum atomic E-state index is 10.3. The van der Waals surface area contributed by atoms with Gasteiger partial charge in [-0.1, -0.05) is 18.2 Å². The Bertz CT molecular complexity index is 377. The van der Waals surface area contributed by atoms with Gasteiger partial charge >= 0.3 is 0 Å². The van der Waals surface area contributed by atoms with Crippen LogP contribution in [0.4, 0.5) is 0 Å². The average Bonchev–Trinajstić information content (AvgIpc) is 3.13. The van der Waals surface area contributed by atoms with Crippen molar-refractivity contribution in [2.24, 2.45) is 5.92 Å². The molecule has 0 amide bonds. The minimum absolute atomic E-state index is 0.475. The standard InChI is InChI=1S/C15H23NO2/c1-3-18-15-7-5-4-6-13(15)14(17)11-16(2)10-12-8-9-12/h4-7,12,14,17H,3,8-11H2,1-2H3. The molecule has 1 unspecified atom stereocenters. The molecule has 1 aromatic rings. The number of aliphatic hydroxyl groups excluding tert-OH is 1. The van der Waals surface area contributed by atoms with Crippen molar-refractivity contribution in [2.75, 3.05) is 26.7 Å². The molecule has 100 valence electrons. The largest absolute Gasteiger partial charge is 0.493 e. The molecule has 0 saturated heterocycles. The van der Waals surface area contributed by atoms with Gasteiger partial charge in [0.05, 0.1) is 12.7 Å². The lowest BCUT2D eigenvalue weighted by molar-refractivity contribution is 0.121. The van der Waals surface area contributed by atoms with E-state index < -0.39 is 6.10 Å². The molecule has 0 aliphatic heterocycles. The van der Waals surface area contributed by atoms with Crippen LogP contribution in [0.3, 0.4) is 0 Å². The summed E-state index contributed by atoms with van der Waals surface area (Å²) >= 11 is 0. The second-order valence-electron chi connectivity index (χ2n) is 5.15. The Hall–Kier alpha value is -1.06. The third kappa shape index (κ3) is 3.72. The maximum Gasteiger partial charge on any atom is 0.125 e. The third-order valence-electron chi connectivity index (χ3n) is 3.33. The highest BCUT2D eigenvalue weighted by Crippen LogP contribution is 2.30. The summed E-state index contributed by atoms with van der Waals surface area (Å²) in [6, 6.07) is 7.75. The van der Waals surface area contributed by atoms with Crippen LogP contribution in [0, 0.1) is 5.92 Å². The molecule has 0 heterocycles. The van der Waals surface area contributed by atoms with Crippen molar-refractivity contribution in [1.29, 1.82) is 0 Å². The summed E-state index contributed by atoms with van der Waals surface area (Å²) in [6.45, 7) is 4.35. The van der Waals surface area contributed by atoms with E-state index in [9.17, 15) is 5.11 Å². The second kappa shape index (κ2) is 6.21. The number of para-hydroxylation sites is 1. The Labute approximate surface area is 109 Å². The summed E-state index contributed by atoms with van der Waals surface area (Å²) in [7, 11) is 2.07. The predicted molar refractivity (Wildman–Crippen MR) is 72.8 cm³/mol. The number of rotatable bonds is 7. The first-order chi connectivity index (χ1) is 8.70. The Balaban J connectivity index is 1.95. The van der Waals surface area contributed by atoms with Crippen molar-refractivity contribution in [2.45, 2.75) is 25.9 Å². The van der Waals surface area contributed by atoms with E-state index in [1.54, 1.807) is 0 Å². The fraction of sp³-hybridized carbons (Fsp3) is 0.600. The topological polar surface area (TPSA) is 32.7 Å². The minimum atomic E-state index is -0.475. The van der Waals surface area contributed by atoms with Crippen LogP contribution in [0.25, 0.3) is 0 Å². The van der Waals surface area contributed by atoms with Gasteiger partial charge in [0, 0.05) is 18.7 Å². The first-order valence-electron chi connectivity index (χ1n) is 6.79. The van der Waals surface area contributed by atoms with Crippen molar-refractivity contribution in [3.05, 3.63) is 29.8 Å². The van der Waals surface area contributed by atoms with Crippen molar-refractivity contribution < 1.29 is 9.84 Å².